The monoisotopic (exact) mass is 782 g/mol. The number of aliphatic hydroxyl groups excluding tert-OH is 1. The highest BCUT2D eigenvalue weighted by atomic mass is 32.1. The van der Waals surface area contributed by atoms with Crippen molar-refractivity contribution in [1.29, 1.82) is 0 Å². The Morgan fingerprint density at radius 1 is 0.982 bits per heavy atom. The Hall–Kier alpha value is -2.14. The minimum Gasteiger partial charge on any atom is -0.481 e. The second kappa shape index (κ2) is 14.9. The number of fused-ring (bicyclic) bond motifs is 7. The summed E-state index contributed by atoms with van der Waals surface area (Å²) in [5, 5.41) is 25.3. The van der Waals surface area contributed by atoms with Gasteiger partial charge >= 0.3 is 11.9 Å². The molecule has 0 aliphatic heterocycles. The Labute approximate surface area is 335 Å². The van der Waals surface area contributed by atoms with Crippen molar-refractivity contribution >= 4 is 29.1 Å². The van der Waals surface area contributed by atoms with E-state index in [1.165, 1.54) is 5.57 Å². The Morgan fingerprint density at radius 2 is 1.69 bits per heavy atom. The van der Waals surface area contributed by atoms with Crippen LogP contribution in [0.15, 0.2) is 22.7 Å². The standard InChI is InChI=1S/C45H71N3O6S/c1-28(2)37-30(49)24-45(33(50)26-48(22-21-47(10)11)27-35-46-20-23-55-35)19-18-43(8)29(38(37)45)12-13-32-42(7)16-15-34(54-36(51)25-40(3,4)39(52)53)41(5,6)31(42)14-17-44(32,43)9/h20,23,28-29,31-34,50H,12-19,21-22,24-27H2,1-11H3,(H,52,53)/t29-,31+,32-,33+,34+,42+,43-,44-,45+/m1/s1. The molecule has 9 atom stereocenters. The smallest absolute Gasteiger partial charge is 0.309 e. The van der Waals surface area contributed by atoms with Crippen LogP contribution in [0.4, 0.5) is 0 Å². The minimum atomic E-state index is -1.17. The number of thiazole rings is 1. The molecule has 1 aromatic rings. The fourth-order valence-corrected chi connectivity index (χ4v) is 14.1. The van der Waals surface area contributed by atoms with Gasteiger partial charge in [0.1, 0.15) is 11.1 Å². The van der Waals surface area contributed by atoms with Gasteiger partial charge in [-0.25, -0.2) is 4.98 Å². The molecule has 4 saturated carbocycles. The maximum Gasteiger partial charge on any atom is 0.309 e. The summed E-state index contributed by atoms with van der Waals surface area (Å²) >= 11 is 1.65. The predicted octanol–water partition coefficient (Wildman–Crippen LogP) is 8.26. The summed E-state index contributed by atoms with van der Waals surface area (Å²) in [6, 6.07) is 0. The average Bonchev–Trinajstić information content (AvgIpc) is 3.70. The van der Waals surface area contributed by atoms with E-state index in [2.05, 4.69) is 77.3 Å². The van der Waals surface area contributed by atoms with Crippen molar-refractivity contribution in [3.05, 3.63) is 27.7 Å². The fraction of sp³-hybridized carbons (Fsp3) is 0.822. The number of rotatable bonds is 13. The number of ether oxygens (including phenoxy) is 1. The molecular weight excluding hydrogens is 711 g/mol. The average molecular weight is 782 g/mol. The number of Topliss-reactive ketones (excluding diaryl/α,β-unsaturated/α-hetero) is 1. The Balaban J connectivity index is 1.28. The molecule has 55 heavy (non-hydrogen) atoms. The van der Waals surface area contributed by atoms with E-state index in [1.54, 1.807) is 25.2 Å². The highest BCUT2D eigenvalue weighted by molar-refractivity contribution is 7.09. The van der Waals surface area contributed by atoms with Gasteiger partial charge in [-0.05, 0) is 125 Å². The molecule has 0 unspecified atom stereocenters. The van der Waals surface area contributed by atoms with Crippen LogP contribution in [0.25, 0.3) is 0 Å². The van der Waals surface area contributed by atoms with Crippen molar-refractivity contribution in [1.82, 2.24) is 14.8 Å². The third-order valence-corrected chi connectivity index (χ3v) is 17.4. The summed E-state index contributed by atoms with van der Waals surface area (Å²) in [7, 11) is 4.17. The number of carboxylic acids is 1. The number of allylic oxidation sites excluding steroid dienone is 1. The molecule has 5 aliphatic carbocycles. The molecule has 0 bridgehead atoms. The summed E-state index contributed by atoms with van der Waals surface area (Å²) in [5.41, 5.74) is 0.453. The highest BCUT2D eigenvalue weighted by Gasteiger charge is 2.71. The van der Waals surface area contributed by atoms with Crippen molar-refractivity contribution in [2.75, 3.05) is 33.7 Å². The Kier molecular flexibility index (Phi) is 11.5. The van der Waals surface area contributed by atoms with E-state index in [-0.39, 0.29) is 51.8 Å². The van der Waals surface area contributed by atoms with Gasteiger partial charge in [0.25, 0.3) is 0 Å². The lowest BCUT2D eigenvalue weighted by Crippen LogP contribution is -2.66. The van der Waals surface area contributed by atoms with Crippen LogP contribution in [-0.2, 0) is 25.7 Å². The van der Waals surface area contributed by atoms with Gasteiger partial charge in [0, 0.05) is 48.5 Å². The Morgan fingerprint density at radius 3 is 2.31 bits per heavy atom. The van der Waals surface area contributed by atoms with Crippen LogP contribution < -0.4 is 0 Å². The number of aromatic nitrogens is 1. The molecule has 5 aliphatic rings. The van der Waals surface area contributed by atoms with Gasteiger partial charge in [-0.3, -0.25) is 19.3 Å². The van der Waals surface area contributed by atoms with E-state index in [0.29, 0.717) is 31.3 Å². The quantitative estimate of drug-likeness (QED) is 0.191. The van der Waals surface area contributed by atoms with E-state index in [4.69, 9.17) is 4.74 Å². The van der Waals surface area contributed by atoms with Crippen LogP contribution in [-0.4, -0.2) is 88.7 Å². The zero-order valence-electron chi connectivity index (χ0n) is 35.8. The van der Waals surface area contributed by atoms with Gasteiger partial charge in [-0.1, -0.05) is 54.0 Å². The molecular formula is C45H71N3O6S. The summed E-state index contributed by atoms with van der Waals surface area (Å²) in [6.07, 6.45) is 9.08. The van der Waals surface area contributed by atoms with Gasteiger partial charge in [-0.15, -0.1) is 11.3 Å². The SMILES string of the molecule is CC(C)C1=C2[C@H]3CC[C@@H]4[C@@]5(C)CC[C@H](OC(=O)CC(C)(C)C(=O)O)C(C)(C)[C@@H]5CC[C@@]4(C)[C@]3(C)CC[C@@]2([C@@H](O)CN(CCN(C)C)Cc2nccs2)CC1=O. The lowest BCUT2D eigenvalue weighted by atomic mass is 9.33. The molecule has 0 radical (unpaired) electrons. The number of hydrogen-bond donors (Lipinski definition) is 2. The van der Waals surface area contributed by atoms with Crippen LogP contribution >= 0.6 is 11.3 Å². The molecule has 0 saturated heterocycles. The molecule has 1 aromatic heterocycles. The first kappa shape index (κ1) is 42.5. The topological polar surface area (TPSA) is 120 Å². The third kappa shape index (κ3) is 7.09. The minimum absolute atomic E-state index is 0.0193. The zero-order valence-corrected chi connectivity index (χ0v) is 36.6. The number of hydrogen-bond acceptors (Lipinski definition) is 9. The molecule has 2 N–H and O–H groups in total. The number of carbonyl (C=O) groups excluding carboxylic acids is 2. The predicted molar refractivity (Wildman–Crippen MR) is 217 cm³/mol. The van der Waals surface area contributed by atoms with Crippen LogP contribution in [0.2, 0.25) is 0 Å². The molecule has 308 valence electrons. The lowest BCUT2D eigenvalue weighted by molar-refractivity contribution is -0.235. The first-order valence-electron chi connectivity index (χ1n) is 21.2. The van der Waals surface area contributed by atoms with Gasteiger partial charge in [0.2, 0.25) is 0 Å². The number of nitrogens with zero attached hydrogens (tertiary/aromatic N) is 3. The van der Waals surface area contributed by atoms with Crippen molar-refractivity contribution in [2.45, 2.75) is 145 Å². The third-order valence-electron chi connectivity index (χ3n) is 16.6. The normalized spacial score (nSPS) is 36.4. The van der Waals surface area contributed by atoms with E-state index < -0.39 is 28.9 Å². The molecule has 6 rings (SSSR count). The number of aliphatic hydroxyl groups is 1. The molecule has 4 fully saturated rings. The van der Waals surface area contributed by atoms with Gasteiger partial charge in [0.05, 0.1) is 24.5 Å². The molecule has 9 nitrogen and oxygen atoms in total. The van der Waals surface area contributed by atoms with Crippen LogP contribution in [0.5, 0.6) is 0 Å². The number of esters is 1. The highest BCUT2D eigenvalue weighted by Crippen LogP contribution is 2.77. The van der Waals surface area contributed by atoms with E-state index in [0.717, 1.165) is 75.0 Å². The molecule has 0 aromatic carbocycles. The fourth-order valence-electron chi connectivity index (χ4n) is 13.4. The maximum atomic E-state index is 14.3. The second-order valence-electron chi connectivity index (χ2n) is 21.0. The first-order chi connectivity index (χ1) is 25.5. The molecule has 10 heteroatoms. The van der Waals surface area contributed by atoms with Crippen LogP contribution in [0.3, 0.4) is 0 Å². The molecule has 0 spiro atoms. The number of aliphatic carboxylic acids is 1. The summed E-state index contributed by atoms with van der Waals surface area (Å²) < 4.78 is 6.19. The number of carbonyl (C=O) groups is 3. The maximum absolute atomic E-state index is 14.3. The van der Waals surface area contributed by atoms with E-state index in [1.807, 2.05) is 11.6 Å². The largest absolute Gasteiger partial charge is 0.481 e. The first-order valence-corrected chi connectivity index (χ1v) is 22.1. The van der Waals surface area contributed by atoms with Gasteiger partial charge in [0.15, 0.2) is 5.78 Å². The van der Waals surface area contributed by atoms with Crippen molar-refractivity contribution < 1.29 is 29.3 Å². The van der Waals surface area contributed by atoms with E-state index >= 15 is 0 Å². The number of ketones is 1. The van der Waals surface area contributed by atoms with Crippen molar-refractivity contribution in [2.24, 2.45) is 56.2 Å². The number of likely N-dealkylation sites (N-methyl/N-ethyl adjacent to an activating group) is 1. The lowest BCUT2D eigenvalue weighted by Gasteiger charge is -2.72. The van der Waals surface area contributed by atoms with E-state index in [9.17, 15) is 24.6 Å². The van der Waals surface area contributed by atoms with Gasteiger partial charge in [-0.2, -0.15) is 0 Å². The van der Waals surface area contributed by atoms with Crippen LogP contribution in [0.1, 0.15) is 132 Å². The summed E-state index contributed by atoms with van der Waals surface area (Å²) in [6.45, 7) is 22.6. The van der Waals surface area contributed by atoms with Crippen molar-refractivity contribution in [3.8, 4) is 0 Å². The Bertz CT molecular complexity index is 1650. The summed E-state index contributed by atoms with van der Waals surface area (Å²) in [4.78, 5) is 48.3. The second-order valence-corrected chi connectivity index (χ2v) is 22.0. The van der Waals surface area contributed by atoms with Crippen molar-refractivity contribution in [3.63, 3.8) is 0 Å². The van der Waals surface area contributed by atoms with Crippen LogP contribution in [0, 0.1) is 56.2 Å². The summed E-state index contributed by atoms with van der Waals surface area (Å²) in [5.74, 6) is 0.0517. The molecule has 0 amide bonds. The van der Waals surface area contributed by atoms with Gasteiger partial charge < -0.3 is 19.8 Å². The zero-order chi connectivity index (χ0) is 40.5. The number of carboxylic acid groups (broad SMARTS) is 1. The molecule has 1 heterocycles.